The Bertz CT molecular complexity index is 870. The molecule has 0 aliphatic carbocycles. The Balaban J connectivity index is 2.21. The maximum atomic E-state index is 12.1. The summed E-state index contributed by atoms with van der Waals surface area (Å²) in [6.45, 7) is 3.95. The molecule has 0 fully saturated rings. The molecule has 26 heavy (non-hydrogen) atoms. The fourth-order valence-electron chi connectivity index (χ4n) is 2.17. The van der Waals surface area contributed by atoms with Gasteiger partial charge in [-0.15, -0.1) is 0 Å². The minimum Gasteiger partial charge on any atom is -0.488 e. The first-order chi connectivity index (χ1) is 12.4. The average molecular weight is 389 g/mol. The van der Waals surface area contributed by atoms with Gasteiger partial charge in [0.05, 0.1) is 10.0 Å². The summed E-state index contributed by atoms with van der Waals surface area (Å²) in [7, 11) is 0. The molecular weight excluding hydrogens is 371 g/mol. The Hall–Kier alpha value is -2.48. The topological polar surface area (TPSA) is 62.1 Å². The highest BCUT2D eigenvalue weighted by atomic mass is 35.5. The number of ether oxygens (including phenoxy) is 1. The molecule has 2 aromatic carbocycles. The number of carbonyl (C=O) groups is 1. The number of para-hydroxylation sites is 1. The second-order valence-electron chi connectivity index (χ2n) is 5.87. The van der Waals surface area contributed by atoms with Gasteiger partial charge in [-0.1, -0.05) is 47.5 Å². The molecule has 0 aromatic heterocycles. The maximum absolute atomic E-state index is 12.1. The summed E-state index contributed by atoms with van der Waals surface area (Å²) in [6.07, 6.45) is 1.52. The highest BCUT2D eigenvalue weighted by molar-refractivity contribution is 6.42. The summed E-state index contributed by atoms with van der Waals surface area (Å²) in [6, 6.07) is 14.3. The molecule has 0 spiro atoms. The number of benzene rings is 2. The van der Waals surface area contributed by atoms with Crippen LogP contribution in [0.3, 0.4) is 0 Å². The van der Waals surface area contributed by atoms with Crippen LogP contribution in [0.15, 0.2) is 48.0 Å². The van der Waals surface area contributed by atoms with E-state index in [-0.39, 0.29) is 18.2 Å². The summed E-state index contributed by atoms with van der Waals surface area (Å²) < 4.78 is 5.84. The summed E-state index contributed by atoms with van der Waals surface area (Å²) in [5.41, 5.74) is 1.52. The van der Waals surface area contributed by atoms with E-state index in [4.69, 9.17) is 27.9 Å². The van der Waals surface area contributed by atoms with Gasteiger partial charge in [0.25, 0.3) is 5.91 Å². The molecule has 0 unspecified atom stereocenters. The number of hydrogen-bond donors (Lipinski definition) is 1. The van der Waals surface area contributed by atoms with E-state index < -0.39 is 5.91 Å². The van der Waals surface area contributed by atoms with Gasteiger partial charge in [-0.3, -0.25) is 4.79 Å². The Morgan fingerprint density at radius 2 is 1.96 bits per heavy atom. The van der Waals surface area contributed by atoms with Gasteiger partial charge in [0.1, 0.15) is 24.0 Å². The van der Waals surface area contributed by atoms with Crippen LogP contribution in [0.25, 0.3) is 6.08 Å². The number of nitrogens with zero attached hydrogens (tertiary/aromatic N) is 1. The monoisotopic (exact) mass is 388 g/mol. The van der Waals surface area contributed by atoms with E-state index in [2.05, 4.69) is 5.32 Å². The molecule has 0 atom stereocenters. The number of rotatable bonds is 6. The second-order valence-corrected chi connectivity index (χ2v) is 6.69. The second kappa shape index (κ2) is 9.28. The van der Waals surface area contributed by atoms with Gasteiger partial charge in [0, 0.05) is 11.6 Å². The Kier molecular flexibility index (Phi) is 7.08. The van der Waals surface area contributed by atoms with Crippen LogP contribution in [0.5, 0.6) is 5.75 Å². The summed E-state index contributed by atoms with van der Waals surface area (Å²) in [4.78, 5) is 12.1. The van der Waals surface area contributed by atoms with Crippen molar-refractivity contribution in [1.29, 1.82) is 5.26 Å². The fourth-order valence-corrected chi connectivity index (χ4v) is 2.49. The zero-order valence-corrected chi connectivity index (χ0v) is 15.9. The normalized spacial score (nSPS) is 11.2. The highest BCUT2D eigenvalue weighted by Crippen LogP contribution is 2.25. The van der Waals surface area contributed by atoms with Crippen molar-refractivity contribution in [3.05, 3.63) is 69.2 Å². The molecule has 0 heterocycles. The minimum atomic E-state index is -0.415. The van der Waals surface area contributed by atoms with Crippen LogP contribution >= 0.6 is 23.2 Å². The van der Waals surface area contributed by atoms with Gasteiger partial charge >= 0.3 is 0 Å². The van der Waals surface area contributed by atoms with Crippen molar-refractivity contribution in [3.63, 3.8) is 0 Å². The molecule has 4 nitrogen and oxygen atoms in total. The van der Waals surface area contributed by atoms with Crippen LogP contribution in [0, 0.1) is 11.3 Å². The van der Waals surface area contributed by atoms with Crippen LogP contribution in [0.2, 0.25) is 10.0 Å². The third-order valence-electron chi connectivity index (χ3n) is 3.38. The van der Waals surface area contributed by atoms with Crippen molar-refractivity contribution < 1.29 is 9.53 Å². The van der Waals surface area contributed by atoms with Gasteiger partial charge in [0.15, 0.2) is 0 Å². The standard InChI is InChI=1S/C20H18Cl2N2O2/c1-13(2)24-20(25)16(11-23)10-15-5-3-4-6-19(15)26-12-14-7-8-17(21)18(22)9-14/h3-10,13H,12H2,1-2H3,(H,24,25)/b16-10-. The highest BCUT2D eigenvalue weighted by Gasteiger charge is 2.12. The largest absolute Gasteiger partial charge is 0.488 e. The third kappa shape index (κ3) is 5.52. The van der Waals surface area contributed by atoms with E-state index in [0.29, 0.717) is 21.4 Å². The van der Waals surface area contributed by atoms with Crippen molar-refractivity contribution in [2.24, 2.45) is 0 Å². The number of nitriles is 1. The zero-order chi connectivity index (χ0) is 19.1. The van der Waals surface area contributed by atoms with E-state index in [1.807, 2.05) is 38.1 Å². The lowest BCUT2D eigenvalue weighted by molar-refractivity contribution is -0.117. The number of hydrogen-bond acceptors (Lipinski definition) is 3. The lowest BCUT2D eigenvalue weighted by Gasteiger charge is -2.11. The lowest BCUT2D eigenvalue weighted by atomic mass is 10.1. The van der Waals surface area contributed by atoms with Crippen LogP contribution in [0.1, 0.15) is 25.0 Å². The van der Waals surface area contributed by atoms with E-state index in [9.17, 15) is 10.1 Å². The molecule has 0 radical (unpaired) electrons. The Morgan fingerprint density at radius 1 is 1.23 bits per heavy atom. The van der Waals surface area contributed by atoms with Gasteiger partial charge < -0.3 is 10.1 Å². The first-order valence-electron chi connectivity index (χ1n) is 7.99. The predicted molar refractivity (Wildman–Crippen MR) is 104 cm³/mol. The minimum absolute atomic E-state index is 0.0179. The third-order valence-corrected chi connectivity index (χ3v) is 4.12. The maximum Gasteiger partial charge on any atom is 0.262 e. The number of amides is 1. The molecule has 0 aliphatic rings. The van der Waals surface area contributed by atoms with E-state index in [1.165, 1.54) is 6.08 Å². The van der Waals surface area contributed by atoms with Crippen molar-refractivity contribution in [1.82, 2.24) is 5.32 Å². The Morgan fingerprint density at radius 3 is 2.62 bits per heavy atom. The molecule has 0 saturated carbocycles. The smallest absolute Gasteiger partial charge is 0.262 e. The summed E-state index contributed by atoms with van der Waals surface area (Å²) in [5, 5.41) is 12.9. The molecular formula is C20H18Cl2N2O2. The summed E-state index contributed by atoms with van der Waals surface area (Å²) in [5.74, 6) is 0.144. The van der Waals surface area contributed by atoms with Crippen molar-refractivity contribution >= 4 is 35.2 Å². The van der Waals surface area contributed by atoms with Crippen molar-refractivity contribution in [2.45, 2.75) is 26.5 Å². The van der Waals surface area contributed by atoms with Crippen LogP contribution in [0.4, 0.5) is 0 Å². The molecule has 1 amide bonds. The molecule has 6 heteroatoms. The predicted octanol–water partition coefficient (Wildman–Crippen LogP) is 5.00. The first-order valence-corrected chi connectivity index (χ1v) is 8.74. The average Bonchev–Trinajstić information content (AvgIpc) is 2.60. The molecule has 0 aliphatic heterocycles. The van der Waals surface area contributed by atoms with Crippen LogP contribution in [-0.4, -0.2) is 11.9 Å². The van der Waals surface area contributed by atoms with Crippen molar-refractivity contribution in [3.8, 4) is 11.8 Å². The fraction of sp³-hybridized carbons (Fsp3) is 0.200. The molecule has 0 saturated heterocycles. The lowest BCUT2D eigenvalue weighted by Crippen LogP contribution is -2.30. The number of nitrogens with one attached hydrogen (secondary N) is 1. The van der Waals surface area contributed by atoms with Gasteiger partial charge in [-0.25, -0.2) is 0 Å². The van der Waals surface area contributed by atoms with E-state index >= 15 is 0 Å². The van der Waals surface area contributed by atoms with Gasteiger partial charge in [-0.2, -0.15) is 5.26 Å². The molecule has 0 bridgehead atoms. The van der Waals surface area contributed by atoms with Crippen molar-refractivity contribution in [2.75, 3.05) is 0 Å². The van der Waals surface area contributed by atoms with Gasteiger partial charge in [-0.05, 0) is 43.7 Å². The van der Waals surface area contributed by atoms with E-state index in [0.717, 1.165) is 5.56 Å². The molecule has 2 rings (SSSR count). The first kappa shape index (κ1) is 19.8. The van der Waals surface area contributed by atoms with Crippen LogP contribution < -0.4 is 10.1 Å². The SMILES string of the molecule is CC(C)NC(=O)/C(C#N)=C\c1ccccc1OCc1ccc(Cl)c(Cl)c1. The molecule has 2 aromatic rings. The summed E-state index contributed by atoms with van der Waals surface area (Å²) >= 11 is 11.9. The van der Waals surface area contributed by atoms with E-state index in [1.54, 1.807) is 24.3 Å². The number of halogens is 2. The quantitative estimate of drug-likeness (QED) is 0.558. The molecule has 134 valence electrons. The van der Waals surface area contributed by atoms with Gasteiger partial charge in [0.2, 0.25) is 0 Å². The van der Waals surface area contributed by atoms with Crippen LogP contribution in [-0.2, 0) is 11.4 Å². The zero-order valence-electron chi connectivity index (χ0n) is 14.4. The molecule has 1 N–H and O–H groups in total. The number of carbonyl (C=O) groups excluding carboxylic acids is 1. The Labute approximate surface area is 163 Å².